The molecule has 1 saturated heterocycles. The van der Waals surface area contributed by atoms with Crippen LogP contribution in [-0.4, -0.2) is 39.2 Å². The van der Waals surface area contributed by atoms with Gasteiger partial charge in [-0.2, -0.15) is 0 Å². The van der Waals surface area contributed by atoms with E-state index < -0.39 is 6.10 Å². The molecule has 0 spiro atoms. The highest BCUT2D eigenvalue weighted by Crippen LogP contribution is 2.23. The Morgan fingerprint density at radius 1 is 1.36 bits per heavy atom. The third-order valence-corrected chi connectivity index (χ3v) is 4.74. The number of aromatic nitrogens is 1. The van der Waals surface area contributed by atoms with Crippen molar-refractivity contribution >= 4 is 16.8 Å². The molecule has 0 radical (unpaired) electrons. The van der Waals surface area contributed by atoms with Gasteiger partial charge in [-0.3, -0.25) is 4.79 Å². The number of amides is 1. The van der Waals surface area contributed by atoms with Crippen LogP contribution in [0.1, 0.15) is 31.9 Å². The summed E-state index contributed by atoms with van der Waals surface area (Å²) < 4.78 is 2.07. The lowest BCUT2D eigenvalue weighted by molar-refractivity contribution is -0.138. The number of aryl methyl sites for hydroxylation is 1. The van der Waals surface area contributed by atoms with Crippen molar-refractivity contribution in [3.05, 3.63) is 36.0 Å². The monoisotopic (exact) mass is 300 g/mol. The van der Waals surface area contributed by atoms with E-state index in [1.165, 1.54) is 5.39 Å². The number of hydrogen-bond acceptors (Lipinski definition) is 2. The molecule has 3 rings (SSSR count). The van der Waals surface area contributed by atoms with E-state index in [9.17, 15) is 9.90 Å². The van der Waals surface area contributed by atoms with E-state index >= 15 is 0 Å². The summed E-state index contributed by atoms with van der Waals surface area (Å²) in [4.78, 5) is 14.6. The topological polar surface area (TPSA) is 45.5 Å². The van der Waals surface area contributed by atoms with Crippen molar-refractivity contribution in [2.75, 3.05) is 6.54 Å². The summed E-state index contributed by atoms with van der Waals surface area (Å²) in [6.07, 6.45) is 2.55. The molecule has 1 amide bonds. The lowest BCUT2D eigenvalue weighted by Crippen LogP contribution is -2.50. The van der Waals surface area contributed by atoms with Gasteiger partial charge in [0.2, 0.25) is 5.91 Å². The molecule has 0 aliphatic carbocycles. The molecule has 2 atom stereocenters. The van der Waals surface area contributed by atoms with Crippen molar-refractivity contribution in [3.8, 4) is 0 Å². The van der Waals surface area contributed by atoms with Gasteiger partial charge in [-0.25, -0.2) is 0 Å². The second-order valence-corrected chi connectivity index (χ2v) is 6.32. The summed E-state index contributed by atoms with van der Waals surface area (Å²) in [5.74, 6) is 0.107. The molecule has 2 heterocycles. The molecule has 118 valence electrons. The maximum Gasteiger partial charge on any atom is 0.242 e. The first-order chi connectivity index (χ1) is 10.6. The average molecular weight is 300 g/mol. The molecule has 2 aromatic rings. The van der Waals surface area contributed by atoms with Gasteiger partial charge in [0.15, 0.2) is 0 Å². The molecule has 22 heavy (non-hydrogen) atoms. The highest BCUT2D eigenvalue weighted by Gasteiger charge is 2.30. The molecule has 2 unspecified atom stereocenters. The van der Waals surface area contributed by atoms with Crippen molar-refractivity contribution in [1.82, 2.24) is 9.47 Å². The van der Waals surface area contributed by atoms with Crippen LogP contribution in [0.2, 0.25) is 0 Å². The van der Waals surface area contributed by atoms with Crippen molar-refractivity contribution in [3.63, 3.8) is 0 Å². The first kappa shape index (κ1) is 15.1. The number of piperidine rings is 1. The number of nitrogens with zero attached hydrogens (tertiary/aromatic N) is 2. The minimum atomic E-state index is -0.466. The molecule has 4 nitrogen and oxygen atoms in total. The van der Waals surface area contributed by atoms with E-state index in [4.69, 9.17) is 0 Å². The SMILES string of the molecule is Cc1cc2ccccc2n1CC(=O)N1CCCCC1C(C)O. The quantitative estimate of drug-likeness (QED) is 0.947. The van der Waals surface area contributed by atoms with Crippen LogP contribution in [0.5, 0.6) is 0 Å². The molecule has 1 N–H and O–H groups in total. The number of rotatable bonds is 3. The van der Waals surface area contributed by atoms with Crippen LogP contribution in [0.4, 0.5) is 0 Å². The van der Waals surface area contributed by atoms with Crippen molar-refractivity contribution in [2.45, 2.75) is 51.8 Å². The summed E-state index contributed by atoms with van der Waals surface area (Å²) in [6.45, 7) is 4.93. The van der Waals surface area contributed by atoms with E-state index in [-0.39, 0.29) is 11.9 Å². The predicted octanol–water partition coefficient (Wildman–Crippen LogP) is 2.71. The predicted molar refractivity (Wildman–Crippen MR) is 87.7 cm³/mol. The highest BCUT2D eigenvalue weighted by molar-refractivity contribution is 5.84. The Morgan fingerprint density at radius 2 is 2.14 bits per heavy atom. The fourth-order valence-electron chi connectivity index (χ4n) is 3.55. The Hall–Kier alpha value is -1.81. The smallest absolute Gasteiger partial charge is 0.242 e. The Labute approximate surface area is 131 Å². The van der Waals surface area contributed by atoms with Crippen LogP contribution in [0, 0.1) is 6.92 Å². The van der Waals surface area contributed by atoms with Gasteiger partial charge in [0.1, 0.15) is 6.54 Å². The van der Waals surface area contributed by atoms with Gasteiger partial charge in [-0.1, -0.05) is 18.2 Å². The summed E-state index contributed by atoms with van der Waals surface area (Å²) in [5, 5.41) is 11.1. The van der Waals surface area contributed by atoms with Gasteiger partial charge >= 0.3 is 0 Å². The largest absolute Gasteiger partial charge is 0.391 e. The van der Waals surface area contributed by atoms with Gasteiger partial charge < -0.3 is 14.6 Å². The maximum absolute atomic E-state index is 12.8. The van der Waals surface area contributed by atoms with Crippen LogP contribution in [0.3, 0.4) is 0 Å². The third-order valence-electron chi connectivity index (χ3n) is 4.74. The van der Waals surface area contributed by atoms with Crippen LogP contribution in [-0.2, 0) is 11.3 Å². The van der Waals surface area contributed by atoms with Gasteiger partial charge in [-0.15, -0.1) is 0 Å². The number of fused-ring (bicyclic) bond motifs is 1. The van der Waals surface area contributed by atoms with Gasteiger partial charge in [0.05, 0.1) is 12.1 Å². The first-order valence-corrected chi connectivity index (χ1v) is 8.10. The van der Waals surface area contributed by atoms with E-state index in [1.807, 2.05) is 24.0 Å². The van der Waals surface area contributed by atoms with Crippen molar-refractivity contribution in [2.24, 2.45) is 0 Å². The molecule has 1 aromatic carbocycles. The van der Waals surface area contributed by atoms with Crippen molar-refractivity contribution in [1.29, 1.82) is 0 Å². The molecule has 1 aliphatic heterocycles. The maximum atomic E-state index is 12.8. The fraction of sp³-hybridized carbons (Fsp3) is 0.500. The zero-order valence-corrected chi connectivity index (χ0v) is 13.3. The average Bonchev–Trinajstić information content (AvgIpc) is 2.83. The summed E-state index contributed by atoms with van der Waals surface area (Å²) in [7, 11) is 0. The van der Waals surface area contributed by atoms with Crippen molar-refractivity contribution < 1.29 is 9.90 Å². The molecule has 1 aliphatic rings. The van der Waals surface area contributed by atoms with Gasteiger partial charge in [-0.05, 0) is 50.6 Å². The fourth-order valence-corrected chi connectivity index (χ4v) is 3.55. The van der Waals surface area contributed by atoms with Gasteiger partial charge in [0.25, 0.3) is 0 Å². The molecular weight excluding hydrogens is 276 g/mol. The molecule has 4 heteroatoms. The Kier molecular flexibility index (Phi) is 4.21. The normalized spacial score (nSPS) is 20.3. The van der Waals surface area contributed by atoms with E-state index in [0.717, 1.165) is 37.0 Å². The van der Waals surface area contributed by atoms with E-state index in [2.05, 4.69) is 22.8 Å². The lowest BCUT2D eigenvalue weighted by Gasteiger charge is -2.37. The van der Waals surface area contributed by atoms with Crippen LogP contribution in [0.25, 0.3) is 10.9 Å². The zero-order chi connectivity index (χ0) is 15.7. The Balaban J connectivity index is 1.84. The van der Waals surface area contributed by atoms with Gasteiger partial charge in [0, 0.05) is 17.8 Å². The molecule has 0 saturated carbocycles. The number of aliphatic hydroxyl groups excluding tert-OH is 1. The van der Waals surface area contributed by atoms with Crippen LogP contribution < -0.4 is 0 Å². The molecule has 1 fully saturated rings. The number of benzene rings is 1. The number of aliphatic hydroxyl groups is 1. The highest BCUT2D eigenvalue weighted by atomic mass is 16.3. The summed E-state index contributed by atoms with van der Waals surface area (Å²) in [6, 6.07) is 10.2. The third kappa shape index (κ3) is 2.75. The summed E-state index contributed by atoms with van der Waals surface area (Å²) >= 11 is 0. The van der Waals surface area contributed by atoms with E-state index in [0.29, 0.717) is 6.54 Å². The summed E-state index contributed by atoms with van der Waals surface area (Å²) in [5.41, 5.74) is 2.19. The standard InChI is InChI=1S/C18H24N2O2/c1-13-11-15-7-3-4-9-17(15)20(13)12-18(22)19-10-6-5-8-16(19)14(2)21/h3-4,7,9,11,14,16,21H,5-6,8,10,12H2,1-2H3. The second kappa shape index (κ2) is 6.13. The second-order valence-electron chi connectivity index (χ2n) is 6.32. The molecule has 0 bridgehead atoms. The molecule has 1 aromatic heterocycles. The number of carbonyl (C=O) groups is 1. The molecular formula is C18H24N2O2. The van der Waals surface area contributed by atoms with Crippen LogP contribution >= 0.6 is 0 Å². The number of carbonyl (C=O) groups excluding carboxylic acids is 1. The number of para-hydroxylation sites is 1. The van der Waals surface area contributed by atoms with E-state index in [1.54, 1.807) is 6.92 Å². The minimum Gasteiger partial charge on any atom is -0.391 e. The minimum absolute atomic E-state index is 0.0385. The Morgan fingerprint density at radius 3 is 2.91 bits per heavy atom. The zero-order valence-electron chi connectivity index (χ0n) is 13.3. The Bertz CT molecular complexity index is 675. The van der Waals surface area contributed by atoms with Crippen LogP contribution in [0.15, 0.2) is 30.3 Å². The number of likely N-dealkylation sites (tertiary alicyclic amines) is 1. The first-order valence-electron chi connectivity index (χ1n) is 8.10. The lowest BCUT2D eigenvalue weighted by atomic mass is 9.98. The number of hydrogen-bond donors (Lipinski definition) is 1.